The predicted octanol–water partition coefficient (Wildman–Crippen LogP) is 4.57. The second-order valence-electron chi connectivity index (χ2n) is 3.89. The quantitative estimate of drug-likeness (QED) is 0.765. The average molecular weight is 379 g/mol. The summed E-state index contributed by atoms with van der Waals surface area (Å²) < 4.78 is 3.73. The van der Waals surface area contributed by atoms with Crippen LogP contribution in [0.3, 0.4) is 0 Å². The van der Waals surface area contributed by atoms with Gasteiger partial charge in [0, 0.05) is 14.9 Å². The molecule has 2 rings (SSSR count). The lowest BCUT2D eigenvalue weighted by Crippen LogP contribution is -2.04. The van der Waals surface area contributed by atoms with Crippen LogP contribution in [0.4, 0.5) is 0 Å². The molecule has 1 aromatic heterocycles. The molecule has 0 unspecified atom stereocenters. The Morgan fingerprint density at radius 2 is 1.76 bits per heavy atom. The van der Waals surface area contributed by atoms with Crippen molar-refractivity contribution >= 4 is 43.5 Å². The zero-order valence-corrected chi connectivity index (χ0v) is 13.2. The van der Waals surface area contributed by atoms with Crippen molar-refractivity contribution in [3.8, 4) is 5.69 Å². The van der Waals surface area contributed by atoms with E-state index in [4.69, 9.17) is 11.6 Å². The van der Waals surface area contributed by atoms with Crippen LogP contribution in [0.2, 0.25) is 5.28 Å². The first-order valence-electron chi connectivity index (χ1n) is 5.07. The summed E-state index contributed by atoms with van der Waals surface area (Å²) >= 11 is 13.2. The maximum atomic E-state index is 6.12. The van der Waals surface area contributed by atoms with E-state index in [1.54, 1.807) is 0 Å². The fourth-order valence-corrected chi connectivity index (χ4v) is 3.12. The molecule has 1 aromatic carbocycles. The Labute approximate surface area is 121 Å². The Bertz CT molecular complexity index is 531. The maximum Gasteiger partial charge on any atom is 0.229 e. The minimum Gasteiger partial charge on any atom is -0.267 e. The topological polar surface area (TPSA) is 30.7 Å². The number of benzene rings is 1. The number of hydrogen-bond donors (Lipinski definition) is 0. The summed E-state index contributed by atoms with van der Waals surface area (Å²) in [5.74, 6) is 1.08. The van der Waals surface area contributed by atoms with Gasteiger partial charge in [-0.05, 0) is 55.6 Å². The normalized spacial score (nSPS) is 11.2. The van der Waals surface area contributed by atoms with E-state index in [9.17, 15) is 0 Å². The summed E-state index contributed by atoms with van der Waals surface area (Å²) in [6, 6.07) is 5.87. The van der Waals surface area contributed by atoms with Gasteiger partial charge in [0.1, 0.15) is 5.82 Å². The standard InChI is InChI=1S/C11H10Br2ClN3/c1-6(2)10-15-16-11(14)17(10)9-7(12)4-3-5-8(9)13/h3-6H,1-2H3. The van der Waals surface area contributed by atoms with Crippen molar-refractivity contribution in [2.75, 3.05) is 0 Å². The lowest BCUT2D eigenvalue weighted by atomic mass is 10.2. The summed E-state index contributed by atoms with van der Waals surface area (Å²) in [6.45, 7) is 4.11. The molecule has 17 heavy (non-hydrogen) atoms. The summed E-state index contributed by atoms with van der Waals surface area (Å²) in [5, 5.41) is 8.41. The number of aromatic nitrogens is 3. The monoisotopic (exact) mass is 377 g/mol. The van der Waals surface area contributed by atoms with Crippen LogP contribution >= 0.6 is 43.5 Å². The van der Waals surface area contributed by atoms with Crippen molar-refractivity contribution in [2.24, 2.45) is 0 Å². The van der Waals surface area contributed by atoms with Gasteiger partial charge >= 0.3 is 0 Å². The molecule has 0 radical (unpaired) electrons. The van der Waals surface area contributed by atoms with Crippen molar-refractivity contribution in [1.29, 1.82) is 0 Å². The molecule has 0 spiro atoms. The highest BCUT2D eigenvalue weighted by Crippen LogP contribution is 2.33. The second-order valence-corrected chi connectivity index (χ2v) is 5.93. The van der Waals surface area contributed by atoms with Gasteiger partial charge < -0.3 is 0 Å². The lowest BCUT2D eigenvalue weighted by Gasteiger charge is -2.13. The molecule has 0 atom stereocenters. The highest BCUT2D eigenvalue weighted by atomic mass is 79.9. The van der Waals surface area contributed by atoms with Crippen LogP contribution in [0.25, 0.3) is 5.69 Å². The predicted molar refractivity (Wildman–Crippen MR) is 75.9 cm³/mol. The molecule has 0 aliphatic heterocycles. The van der Waals surface area contributed by atoms with E-state index in [2.05, 4.69) is 55.9 Å². The van der Waals surface area contributed by atoms with Gasteiger partial charge in [-0.3, -0.25) is 4.57 Å². The van der Waals surface area contributed by atoms with E-state index in [0.717, 1.165) is 20.5 Å². The zero-order chi connectivity index (χ0) is 12.6. The molecule has 1 heterocycles. The van der Waals surface area contributed by atoms with Crippen LogP contribution in [-0.4, -0.2) is 14.8 Å². The summed E-state index contributed by atoms with van der Waals surface area (Å²) in [4.78, 5) is 0. The van der Waals surface area contributed by atoms with E-state index in [1.165, 1.54) is 0 Å². The molecule has 0 saturated carbocycles. The van der Waals surface area contributed by atoms with Crippen molar-refractivity contribution < 1.29 is 0 Å². The molecule has 90 valence electrons. The average Bonchev–Trinajstić information content (AvgIpc) is 2.61. The Morgan fingerprint density at radius 3 is 2.29 bits per heavy atom. The van der Waals surface area contributed by atoms with Crippen molar-refractivity contribution in [3.05, 3.63) is 38.3 Å². The van der Waals surface area contributed by atoms with Crippen LogP contribution in [-0.2, 0) is 0 Å². The number of hydrogen-bond acceptors (Lipinski definition) is 2. The molecule has 6 heteroatoms. The van der Waals surface area contributed by atoms with Crippen LogP contribution in [0, 0.1) is 0 Å². The highest BCUT2D eigenvalue weighted by molar-refractivity contribution is 9.11. The Hall–Kier alpha value is -0.390. The molecule has 2 aromatic rings. The first kappa shape index (κ1) is 13.1. The summed E-state index contributed by atoms with van der Waals surface area (Å²) in [6.07, 6.45) is 0. The Morgan fingerprint density at radius 1 is 1.18 bits per heavy atom. The van der Waals surface area contributed by atoms with Crippen LogP contribution < -0.4 is 0 Å². The van der Waals surface area contributed by atoms with Crippen molar-refractivity contribution in [2.45, 2.75) is 19.8 Å². The van der Waals surface area contributed by atoms with E-state index in [0.29, 0.717) is 5.28 Å². The second kappa shape index (κ2) is 5.08. The minimum absolute atomic E-state index is 0.244. The van der Waals surface area contributed by atoms with Crippen LogP contribution in [0.1, 0.15) is 25.6 Å². The SMILES string of the molecule is CC(C)c1nnc(Cl)n1-c1c(Br)cccc1Br. The Balaban J connectivity index is 2.72. The van der Waals surface area contributed by atoms with Gasteiger partial charge in [0.2, 0.25) is 5.28 Å². The largest absolute Gasteiger partial charge is 0.267 e. The summed E-state index contributed by atoms with van der Waals surface area (Å²) in [5.41, 5.74) is 0.922. The zero-order valence-electron chi connectivity index (χ0n) is 9.28. The lowest BCUT2D eigenvalue weighted by molar-refractivity contribution is 0.744. The third-order valence-corrected chi connectivity index (χ3v) is 3.85. The smallest absolute Gasteiger partial charge is 0.229 e. The molecule has 0 fully saturated rings. The number of halogens is 3. The van der Waals surface area contributed by atoms with Crippen molar-refractivity contribution in [3.63, 3.8) is 0 Å². The van der Waals surface area contributed by atoms with Gasteiger partial charge in [-0.15, -0.1) is 10.2 Å². The molecule has 0 saturated heterocycles. The molecule has 0 amide bonds. The van der Waals surface area contributed by atoms with E-state index < -0.39 is 0 Å². The summed E-state index contributed by atoms with van der Waals surface area (Å²) in [7, 11) is 0. The first-order chi connectivity index (χ1) is 8.02. The third kappa shape index (κ3) is 2.41. The van der Waals surface area contributed by atoms with E-state index in [1.807, 2.05) is 22.8 Å². The molecular weight excluding hydrogens is 369 g/mol. The molecule has 3 nitrogen and oxygen atoms in total. The fourth-order valence-electron chi connectivity index (χ4n) is 1.56. The molecule has 0 N–H and O–H groups in total. The van der Waals surface area contributed by atoms with Gasteiger partial charge in [0.15, 0.2) is 0 Å². The number of rotatable bonds is 2. The van der Waals surface area contributed by atoms with Gasteiger partial charge in [0.25, 0.3) is 0 Å². The Kier molecular flexibility index (Phi) is 3.90. The third-order valence-electron chi connectivity index (χ3n) is 2.33. The van der Waals surface area contributed by atoms with Gasteiger partial charge in [0.05, 0.1) is 5.69 Å². The maximum absolute atomic E-state index is 6.12. The van der Waals surface area contributed by atoms with Gasteiger partial charge in [-0.25, -0.2) is 0 Å². The molecule has 0 aliphatic rings. The highest BCUT2D eigenvalue weighted by Gasteiger charge is 2.18. The van der Waals surface area contributed by atoms with Gasteiger partial charge in [-0.1, -0.05) is 19.9 Å². The number of nitrogens with zero attached hydrogens (tertiary/aromatic N) is 3. The van der Waals surface area contributed by atoms with Crippen LogP contribution in [0.15, 0.2) is 27.1 Å². The minimum atomic E-state index is 0.244. The molecule has 0 bridgehead atoms. The van der Waals surface area contributed by atoms with E-state index >= 15 is 0 Å². The first-order valence-corrected chi connectivity index (χ1v) is 7.04. The van der Waals surface area contributed by atoms with E-state index in [-0.39, 0.29) is 5.92 Å². The van der Waals surface area contributed by atoms with Crippen molar-refractivity contribution in [1.82, 2.24) is 14.8 Å². The molecule has 0 aliphatic carbocycles. The van der Waals surface area contributed by atoms with Gasteiger partial charge in [-0.2, -0.15) is 0 Å². The molecular formula is C11H10Br2ClN3. The number of para-hydroxylation sites is 1. The fraction of sp³-hybridized carbons (Fsp3) is 0.273. The van der Waals surface area contributed by atoms with Crippen LogP contribution in [0.5, 0.6) is 0 Å².